The predicted octanol–water partition coefficient (Wildman–Crippen LogP) is 4.75. The first-order valence-corrected chi connectivity index (χ1v) is 10.7. The van der Waals surface area contributed by atoms with Crippen LogP contribution in [-0.2, 0) is 30.7 Å². The van der Waals surface area contributed by atoms with Gasteiger partial charge in [-0.25, -0.2) is 4.68 Å². The second-order valence-corrected chi connectivity index (χ2v) is 8.48. The molecule has 0 fully saturated rings. The molecule has 5 nitrogen and oxygen atoms in total. The van der Waals surface area contributed by atoms with Crippen molar-refractivity contribution in [2.75, 3.05) is 0 Å². The molecular weight excluding hydrogens is 376 g/mol. The topological polar surface area (TPSA) is 64.3 Å². The van der Waals surface area contributed by atoms with Crippen LogP contribution < -0.4 is 4.74 Å². The van der Waals surface area contributed by atoms with E-state index in [4.69, 9.17) is 14.9 Å². The summed E-state index contributed by atoms with van der Waals surface area (Å²) >= 11 is 0. The van der Waals surface area contributed by atoms with Crippen molar-refractivity contribution in [1.82, 2.24) is 9.78 Å². The number of carbonyl (C=O) groups is 1. The Kier molecular flexibility index (Phi) is 4.81. The van der Waals surface area contributed by atoms with E-state index in [1.165, 1.54) is 29.5 Å². The molecule has 0 saturated heterocycles. The molecule has 3 aromatic rings. The van der Waals surface area contributed by atoms with E-state index in [1.54, 1.807) is 0 Å². The lowest BCUT2D eigenvalue weighted by Gasteiger charge is -2.12. The first kappa shape index (κ1) is 18.9. The largest absolute Gasteiger partial charge is 0.487 e. The molecule has 5 heteroatoms. The minimum absolute atomic E-state index is 0.121. The van der Waals surface area contributed by atoms with Crippen LogP contribution >= 0.6 is 0 Å². The highest BCUT2D eigenvalue weighted by atomic mass is 16.5. The highest BCUT2D eigenvalue weighted by Gasteiger charge is 2.25. The number of rotatable bonds is 6. The summed E-state index contributed by atoms with van der Waals surface area (Å²) in [4.78, 5) is 11.1. The molecule has 0 radical (unpaired) electrons. The van der Waals surface area contributed by atoms with Gasteiger partial charge in [0.05, 0.1) is 23.5 Å². The van der Waals surface area contributed by atoms with Crippen LogP contribution in [0, 0.1) is 6.92 Å². The van der Waals surface area contributed by atoms with Crippen molar-refractivity contribution in [3.05, 3.63) is 76.1 Å². The van der Waals surface area contributed by atoms with Crippen LogP contribution in [-0.4, -0.2) is 20.9 Å². The SMILES string of the molecule is Cc1cc(COc2ccc3c(c2)CCC3CC(=O)O)n(-c2ccc3c(c2)CCC3)n1. The smallest absolute Gasteiger partial charge is 0.303 e. The Balaban J connectivity index is 1.34. The zero-order chi connectivity index (χ0) is 20.7. The van der Waals surface area contributed by atoms with E-state index in [9.17, 15) is 4.79 Å². The number of hydrogen-bond acceptors (Lipinski definition) is 3. The van der Waals surface area contributed by atoms with Crippen LogP contribution in [0.4, 0.5) is 0 Å². The number of aromatic nitrogens is 2. The number of carboxylic acid groups (broad SMARTS) is 1. The lowest BCUT2D eigenvalue weighted by atomic mass is 9.98. The maximum absolute atomic E-state index is 11.1. The highest BCUT2D eigenvalue weighted by molar-refractivity contribution is 5.68. The molecule has 2 aliphatic rings. The molecule has 30 heavy (non-hydrogen) atoms. The molecule has 0 amide bonds. The van der Waals surface area contributed by atoms with Crippen molar-refractivity contribution in [3.63, 3.8) is 0 Å². The van der Waals surface area contributed by atoms with Gasteiger partial charge in [0.25, 0.3) is 0 Å². The minimum atomic E-state index is -0.733. The summed E-state index contributed by atoms with van der Waals surface area (Å²) < 4.78 is 8.11. The van der Waals surface area contributed by atoms with Gasteiger partial charge in [0.15, 0.2) is 0 Å². The Labute approximate surface area is 176 Å². The summed E-state index contributed by atoms with van der Waals surface area (Å²) in [6, 6.07) is 14.8. The van der Waals surface area contributed by atoms with Gasteiger partial charge in [-0.3, -0.25) is 4.79 Å². The lowest BCUT2D eigenvalue weighted by Crippen LogP contribution is -2.06. The summed E-state index contributed by atoms with van der Waals surface area (Å²) in [5.41, 5.74) is 8.34. The molecule has 1 N–H and O–H groups in total. The third-order valence-corrected chi connectivity index (χ3v) is 6.36. The predicted molar refractivity (Wildman–Crippen MR) is 114 cm³/mol. The van der Waals surface area contributed by atoms with Crippen LogP contribution in [0.25, 0.3) is 5.69 Å². The summed E-state index contributed by atoms with van der Waals surface area (Å²) in [6.45, 7) is 2.45. The lowest BCUT2D eigenvalue weighted by molar-refractivity contribution is -0.137. The summed E-state index contributed by atoms with van der Waals surface area (Å²) in [6.07, 6.45) is 5.57. The minimum Gasteiger partial charge on any atom is -0.487 e. The third-order valence-electron chi connectivity index (χ3n) is 6.36. The summed E-state index contributed by atoms with van der Waals surface area (Å²) in [5.74, 6) is 0.211. The van der Waals surface area contributed by atoms with Crippen molar-refractivity contribution in [2.24, 2.45) is 0 Å². The van der Waals surface area contributed by atoms with Gasteiger partial charge >= 0.3 is 5.97 Å². The molecule has 1 heterocycles. The second kappa shape index (κ2) is 7.63. The van der Waals surface area contributed by atoms with Gasteiger partial charge in [0.1, 0.15) is 12.4 Å². The van der Waals surface area contributed by atoms with Gasteiger partial charge in [-0.1, -0.05) is 12.1 Å². The van der Waals surface area contributed by atoms with E-state index in [2.05, 4.69) is 30.3 Å². The Hall–Kier alpha value is -3.08. The van der Waals surface area contributed by atoms with E-state index < -0.39 is 5.97 Å². The number of aryl methyl sites for hydroxylation is 4. The Morgan fingerprint density at radius 2 is 1.97 bits per heavy atom. The number of benzene rings is 2. The van der Waals surface area contributed by atoms with Gasteiger partial charge in [-0.2, -0.15) is 5.10 Å². The molecule has 0 aliphatic heterocycles. The number of nitrogens with zero attached hydrogens (tertiary/aromatic N) is 2. The zero-order valence-corrected chi connectivity index (χ0v) is 17.2. The van der Waals surface area contributed by atoms with Gasteiger partial charge in [0.2, 0.25) is 0 Å². The van der Waals surface area contributed by atoms with Crippen molar-refractivity contribution in [1.29, 1.82) is 0 Å². The zero-order valence-electron chi connectivity index (χ0n) is 17.2. The standard InChI is InChI=1S/C25H26N2O3/c1-16-11-22(27(26-16)21-8-7-17-3-2-4-18(17)12-21)15-30-23-9-10-24-19(13-23)5-6-20(24)14-25(28)29/h7-13,20H,2-6,14-15H2,1H3,(H,28,29). The van der Waals surface area contributed by atoms with E-state index in [-0.39, 0.29) is 12.3 Å². The monoisotopic (exact) mass is 402 g/mol. The number of carboxylic acids is 1. The fourth-order valence-electron chi connectivity index (χ4n) is 4.92. The van der Waals surface area contributed by atoms with Crippen LogP contribution in [0.1, 0.15) is 58.8 Å². The molecular formula is C25H26N2O3. The Bertz CT molecular complexity index is 1120. The molecule has 0 spiro atoms. The maximum Gasteiger partial charge on any atom is 0.303 e. The van der Waals surface area contributed by atoms with E-state index in [0.717, 1.165) is 47.7 Å². The molecule has 5 rings (SSSR count). The second-order valence-electron chi connectivity index (χ2n) is 8.48. The summed E-state index contributed by atoms with van der Waals surface area (Å²) in [5, 5.41) is 13.8. The molecule has 1 aromatic heterocycles. The number of aliphatic carboxylic acids is 1. The van der Waals surface area contributed by atoms with Gasteiger partial charge in [-0.05, 0) is 97.5 Å². The number of ether oxygens (including phenoxy) is 1. The molecule has 2 aromatic carbocycles. The van der Waals surface area contributed by atoms with Crippen LogP contribution in [0.2, 0.25) is 0 Å². The first-order chi connectivity index (χ1) is 14.6. The molecule has 154 valence electrons. The van der Waals surface area contributed by atoms with Crippen LogP contribution in [0.5, 0.6) is 5.75 Å². The summed E-state index contributed by atoms with van der Waals surface area (Å²) in [7, 11) is 0. The van der Waals surface area contributed by atoms with E-state index in [1.807, 2.05) is 23.7 Å². The van der Waals surface area contributed by atoms with Crippen molar-refractivity contribution < 1.29 is 14.6 Å². The van der Waals surface area contributed by atoms with E-state index in [0.29, 0.717) is 6.61 Å². The van der Waals surface area contributed by atoms with E-state index >= 15 is 0 Å². The highest BCUT2D eigenvalue weighted by Crippen LogP contribution is 2.37. The molecule has 1 atom stereocenters. The maximum atomic E-state index is 11.1. The van der Waals surface area contributed by atoms with Gasteiger partial charge in [0, 0.05) is 0 Å². The average molecular weight is 402 g/mol. The Morgan fingerprint density at radius 3 is 2.83 bits per heavy atom. The van der Waals surface area contributed by atoms with Crippen LogP contribution in [0.3, 0.4) is 0 Å². The quantitative estimate of drug-likeness (QED) is 0.646. The van der Waals surface area contributed by atoms with Crippen molar-refractivity contribution in [3.8, 4) is 11.4 Å². The Morgan fingerprint density at radius 1 is 1.10 bits per heavy atom. The molecule has 0 saturated carbocycles. The average Bonchev–Trinajstić information content (AvgIpc) is 3.44. The third kappa shape index (κ3) is 3.60. The number of hydrogen-bond donors (Lipinski definition) is 1. The number of fused-ring (bicyclic) bond motifs is 2. The molecule has 0 bridgehead atoms. The van der Waals surface area contributed by atoms with Crippen molar-refractivity contribution >= 4 is 5.97 Å². The van der Waals surface area contributed by atoms with Crippen molar-refractivity contribution in [2.45, 2.75) is 58.0 Å². The normalized spacial score (nSPS) is 17.0. The fraction of sp³-hybridized carbons (Fsp3) is 0.360. The molecule has 1 unspecified atom stereocenters. The first-order valence-electron chi connectivity index (χ1n) is 10.7. The van der Waals surface area contributed by atoms with Gasteiger partial charge < -0.3 is 9.84 Å². The van der Waals surface area contributed by atoms with Crippen LogP contribution in [0.15, 0.2) is 42.5 Å². The molecule has 2 aliphatic carbocycles. The fourth-order valence-corrected chi connectivity index (χ4v) is 4.92. The van der Waals surface area contributed by atoms with Gasteiger partial charge in [-0.15, -0.1) is 0 Å².